The van der Waals surface area contributed by atoms with Gasteiger partial charge in [-0.15, -0.1) is 0 Å². The van der Waals surface area contributed by atoms with Crippen molar-refractivity contribution in [3.8, 4) is 0 Å². The number of hydrogen-bond donors (Lipinski definition) is 0. The highest BCUT2D eigenvalue weighted by molar-refractivity contribution is 5.25. The Morgan fingerprint density at radius 2 is 2.08 bits per heavy atom. The molecule has 0 aliphatic carbocycles. The summed E-state index contributed by atoms with van der Waals surface area (Å²) in [4.78, 5) is 21.4. The highest BCUT2D eigenvalue weighted by atomic mass is 16.6. The van der Waals surface area contributed by atoms with Gasteiger partial charge in [-0.3, -0.25) is 10.1 Å². The van der Waals surface area contributed by atoms with E-state index in [1.54, 1.807) is 13.8 Å². The van der Waals surface area contributed by atoms with Gasteiger partial charge < -0.3 is 0 Å². The van der Waals surface area contributed by atoms with E-state index in [0.29, 0.717) is 16.0 Å². The molecular weight excluding hydrogens is 172 g/mol. The van der Waals surface area contributed by atoms with Gasteiger partial charge in [0.2, 0.25) is 5.70 Å². The summed E-state index contributed by atoms with van der Waals surface area (Å²) in [5.41, 5.74) is 1.05. The van der Waals surface area contributed by atoms with Crippen molar-refractivity contribution in [3.63, 3.8) is 0 Å². The van der Waals surface area contributed by atoms with E-state index in [4.69, 9.17) is 0 Å². The molecular formula is C8H11N2O3+. The van der Waals surface area contributed by atoms with Crippen LogP contribution in [0.4, 0.5) is 0 Å². The Morgan fingerprint density at radius 3 is 2.54 bits per heavy atom. The maximum absolute atomic E-state index is 11.3. The summed E-state index contributed by atoms with van der Waals surface area (Å²) in [7, 11) is 0. The Bertz CT molecular complexity index is 341. The molecule has 1 unspecified atom stereocenters. The Labute approximate surface area is 75.5 Å². The summed E-state index contributed by atoms with van der Waals surface area (Å²) in [6.07, 6.45) is 1.53. The lowest BCUT2D eigenvalue weighted by atomic mass is 10.1. The number of nitroso groups, excluding NO2 is 1. The monoisotopic (exact) mass is 183 g/mol. The first-order valence-corrected chi connectivity index (χ1v) is 3.95. The molecule has 0 amide bonds. The highest BCUT2D eigenvalue weighted by Gasteiger charge is 2.40. The fourth-order valence-corrected chi connectivity index (χ4v) is 1.49. The molecule has 0 fully saturated rings. The van der Waals surface area contributed by atoms with Gasteiger partial charge >= 0.3 is 5.70 Å². The van der Waals surface area contributed by atoms with Crippen LogP contribution in [0.3, 0.4) is 0 Å². The third-order valence-electron chi connectivity index (χ3n) is 2.12. The van der Waals surface area contributed by atoms with Crippen LogP contribution in [0, 0.1) is 15.0 Å². The maximum Gasteiger partial charge on any atom is 0.321 e. The lowest BCUT2D eigenvalue weighted by Gasteiger charge is -2.08. The van der Waals surface area contributed by atoms with Gasteiger partial charge in [-0.25, -0.2) is 0 Å². The lowest BCUT2D eigenvalue weighted by molar-refractivity contribution is -0.567. The van der Waals surface area contributed by atoms with Crippen LogP contribution in [-0.2, 0) is 0 Å². The minimum Gasteiger partial charge on any atom is -0.258 e. The fraction of sp³-hybridized carbons (Fsp3) is 0.500. The molecule has 0 N–H and O–H groups in total. The molecule has 0 saturated heterocycles. The number of hydrogen-bond acceptors (Lipinski definition) is 3. The van der Waals surface area contributed by atoms with Crippen molar-refractivity contribution in [1.29, 1.82) is 0 Å². The zero-order chi connectivity index (χ0) is 10.2. The smallest absolute Gasteiger partial charge is 0.258 e. The van der Waals surface area contributed by atoms with E-state index in [1.165, 1.54) is 13.0 Å². The number of nitro groups is 1. The molecule has 1 aliphatic heterocycles. The van der Waals surface area contributed by atoms with Crippen molar-refractivity contribution >= 4 is 0 Å². The molecule has 13 heavy (non-hydrogen) atoms. The first-order chi connectivity index (χ1) is 5.95. The van der Waals surface area contributed by atoms with Crippen LogP contribution in [0.1, 0.15) is 20.8 Å². The third kappa shape index (κ3) is 1.49. The van der Waals surface area contributed by atoms with E-state index >= 15 is 0 Å². The Morgan fingerprint density at radius 1 is 1.54 bits per heavy atom. The van der Waals surface area contributed by atoms with Crippen molar-refractivity contribution in [2.45, 2.75) is 26.8 Å². The topological polar surface area (TPSA) is 63.2 Å². The molecule has 1 atom stereocenters. The highest BCUT2D eigenvalue weighted by Crippen LogP contribution is 2.22. The van der Waals surface area contributed by atoms with Crippen LogP contribution in [0.15, 0.2) is 23.0 Å². The average molecular weight is 183 g/mol. The second-order valence-corrected chi connectivity index (χ2v) is 3.11. The summed E-state index contributed by atoms with van der Waals surface area (Å²) in [6.45, 7) is 4.82. The van der Waals surface area contributed by atoms with E-state index < -0.39 is 11.0 Å². The standard InChI is InChI=1S/C8H11N2O3/c1-5-4-6(2)9(11)7(3)8(5)10(12)13/h4,7H,1-3H3/q+1. The second kappa shape index (κ2) is 3.08. The summed E-state index contributed by atoms with van der Waals surface area (Å²) in [5, 5.41) is 10.6. The van der Waals surface area contributed by atoms with Gasteiger partial charge in [0.15, 0.2) is 0 Å². The molecule has 5 heteroatoms. The minimum absolute atomic E-state index is 0.0133. The van der Waals surface area contributed by atoms with Gasteiger partial charge in [-0.1, -0.05) is 0 Å². The number of allylic oxidation sites excluding steroid dienone is 3. The molecule has 5 nitrogen and oxygen atoms in total. The SMILES string of the molecule is CC1=CC(C)=C([N+](=O)[O-])C(C)[N+]1=O. The molecule has 0 radical (unpaired) electrons. The van der Waals surface area contributed by atoms with E-state index in [2.05, 4.69) is 0 Å². The average Bonchev–Trinajstić information content (AvgIpc) is 1.99. The quantitative estimate of drug-likeness (QED) is 0.352. The largest absolute Gasteiger partial charge is 0.321 e. The molecule has 0 aromatic rings. The van der Waals surface area contributed by atoms with Gasteiger partial charge in [-0.05, 0) is 6.92 Å². The molecule has 0 bridgehead atoms. The normalized spacial score (nSPS) is 23.2. The second-order valence-electron chi connectivity index (χ2n) is 3.11. The lowest BCUT2D eigenvalue weighted by Crippen LogP contribution is -2.29. The first-order valence-electron chi connectivity index (χ1n) is 3.95. The summed E-state index contributed by atoms with van der Waals surface area (Å²) >= 11 is 0. The van der Waals surface area contributed by atoms with Gasteiger partial charge in [0, 0.05) is 35.2 Å². The molecule has 70 valence electrons. The minimum atomic E-state index is -0.694. The molecule has 0 aromatic heterocycles. The summed E-state index contributed by atoms with van der Waals surface area (Å²) in [6, 6.07) is -0.694. The van der Waals surface area contributed by atoms with Crippen LogP contribution in [-0.4, -0.2) is 15.7 Å². The first kappa shape index (κ1) is 9.57. The van der Waals surface area contributed by atoms with Crippen molar-refractivity contribution in [2.24, 2.45) is 0 Å². The Balaban J connectivity index is 3.24. The van der Waals surface area contributed by atoms with Crippen molar-refractivity contribution < 1.29 is 9.68 Å². The van der Waals surface area contributed by atoms with Gasteiger partial charge in [0.05, 0.1) is 4.92 Å². The molecule has 0 saturated carbocycles. The van der Waals surface area contributed by atoms with Crippen LogP contribution in [0.5, 0.6) is 0 Å². The Hall–Kier alpha value is -1.52. The van der Waals surface area contributed by atoms with Gasteiger partial charge in [0.1, 0.15) is 0 Å². The third-order valence-corrected chi connectivity index (χ3v) is 2.12. The van der Waals surface area contributed by atoms with E-state index in [0.717, 1.165) is 0 Å². The van der Waals surface area contributed by atoms with Gasteiger partial charge in [0.25, 0.3) is 6.04 Å². The summed E-state index contributed by atoms with van der Waals surface area (Å²) < 4.78 is 0.658. The van der Waals surface area contributed by atoms with E-state index in [9.17, 15) is 15.0 Å². The Kier molecular flexibility index (Phi) is 2.27. The molecule has 1 aliphatic rings. The predicted molar refractivity (Wildman–Crippen MR) is 46.5 cm³/mol. The molecule has 0 aromatic carbocycles. The predicted octanol–water partition coefficient (Wildman–Crippen LogP) is 1.62. The molecule has 1 rings (SSSR count). The fourth-order valence-electron chi connectivity index (χ4n) is 1.49. The summed E-state index contributed by atoms with van der Waals surface area (Å²) in [5.74, 6) is 0. The van der Waals surface area contributed by atoms with Gasteiger partial charge in [-0.2, -0.15) is 0 Å². The zero-order valence-corrected chi connectivity index (χ0v) is 7.77. The zero-order valence-electron chi connectivity index (χ0n) is 7.77. The number of nitrogens with zero attached hydrogens (tertiary/aromatic N) is 2. The van der Waals surface area contributed by atoms with Crippen LogP contribution in [0.25, 0.3) is 0 Å². The van der Waals surface area contributed by atoms with Crippen LogP contribution < -0.4 is 0 Å². The van der Waals surface area contributed by atoms with Crippen LogP contribution in [0.2, 0.25) is 0 Å². The molecule has 0 spiro atoms. The number of rotatable bonds is 1. The van der Waals surface area contributed by atoms with E-state index in [-0.39, 0.29) is 5.70 Å². The van der Waals surface area contributed by atoms with E-state index in [1.807, 2.05) is 0 Å². The maximum atomic E-state index is 11.3. The van der Waals surface area contributed by atoms with Crippen molar-refractivity contribution in [2.75, 3.05) is 0 Å². The molecule has 1 heterocycles. The van der Waals surface area contributed by atoms with Crippen molar-refractivity contribution in [3.05, 3.63) is 38.1 Å². The van der Waals surface area contributed by atoms with Crippen LogP contribution >= 0.6 is 0 Å². The van der Waals surface area contributed by atoms with Crippen molar-refractivity contribution in [1.82, 2.24) is 0 Å².